The van der Waals surface area contributed by atoms with Crippen LogP contribution in [0.5, 0.6) is 11.5 Å². The average molecular weight is 483 g/mol. The highest BCUT2D eigenvalue weighted by Crippen LogP contribution is 2.17. The number of rotatable bonds is 13. The zero-order chi connectivity index (χ0) is 25.5. The first kappa shape index (κ1) is 26.9. The Morgan fingerprint density at radius 1 is 0.771 bits per heavy atom. The maximum Gasteiger partial charge on any atom is 0.412 e. The van der Waals surface area contributed by atoms with Crippen LogP contribution in [0, 0.1) is 0 Å². The number of ether oxygens (including phenoxy) is 2. The number of hydrogen-bond acceptors (Lipinski definition) is 6. The third-order valence-electron chi connectivity index (χ3n) is 4.64. The topological polar surface area (TPSA) is 135 Å². The van der Waals surface area contributed by atoms with Crippen molar-refractivity contribution in [1.29, 1.82) is 0 Å². The highest BCUT2D eigenvalue weighted by atomic mass is 16.6. The van der Waals surface area contributed by atoms with Gasteiger partial charge in [-0.2, -0.15) is 0 Å². The van der Waals surface area contributed by atoms with Crippen molar-refractivity contribution < 1.29 is 28.7 Å². The van der Waals surface area contributed by atoms with Gasteiger partial charge < -0.3 is 30.7 Å². The van der Waals surface area contributed by atoms with Crippen molar-refractivity contribution >= 4 is 35.9 Å². The van der Waals surface area contributed by atoms with Gasteiger partial charge in [-0.15, -0.1) is 0 Å². The maximum absolute atomic E-state index is 11.9. The summed E-state index contributed by atoms with van der Waals surface area (Å²) in [6.07, 6.45) is 2.77. The molecule has 0 heterocycles. The number of carbonyl (C=O) groups excluding carboxylic acids is 4. The molecule has 4 N–H and O–H groups in total. The summed E-state index contributed by atoms with van der Waals surface area (Å²) in [7, 11) is 0. The minimum atomic E-state index is -0.553. The van der Waals surface area contributed by atoms with E-state index in [-0.39, 0.29) is 5.91 Å². The van der Waals surface area contributed by atoms with Crippen LogP contribution in [0.25, 0.3) is 0 Å². The molecule has 2 rings (SSSR count). The second-order valence-corrected chi connectivity index (χ2v) is 7.59. The molecular weight excluding hydrogens is 452 g/mol. The van der Waals surface area contributed by atoms with Crippen LogP contribution in [-0.4, -0.2) is 37.6 Å². The first-order chi connectivity index (χ1) is 16.9. The van der Waals surface area contributed by atoms with Gasteiger partial charge in [0, 0.05) is 30.0 Å². The third-order valence-corrected chi connectivity index (χ3v) is 4.64. The molecular formula is C25H30N4O6. The van der Waals surface area contributed by atoms with Crippen LogP contribution in [0.4, 0.5) is 21.0 Å². The van der Waals surface area contributed by atoms with Crippen molar-refractivity contribution in [3.05, 3.63) is 60.7 Å². The summed E-state index contributed by atoms with van der Waals surface area (Å²) in [5.41, 5.74) is 1.59. The molecule has 2 aromatic carbocycles. The van der Waals surface area contributed by atoms with Crippen molar-refractivity contribution in [3.8, 4) is 11.5 Å². The van der Waals surface area contributed by atoms with Gasteiger partial charge in [-0.3, -0.25) is 9.59 Å². The van der Waals surface area contributed by atoms with E-state index >= 15 is 0 Å². The van der Waals surface area contributed by atoms with E-state index in [2.05, 4.69) is 27.8 Å². The van der Waals surface area contributed by atoms with Crippen LogP contribution < -0.4 is 30.7 Å². The van der Waals surface area contributed by atoms with E-state index in [4.69, 9.17) is 9.47 Å². The zero-order valence-electron chi connectivity index (χ0n) is 19.6. The predicted octanol–water partition coefficient (Wildman–Crippen LogP) is 4.21. The van der Waals surface area contributed by atoms with Crippen LogP contribution >= 0.6 is 0 Å². The molecule has 0 unspecified atom stereocenters. The first-order valence-electron chi connectivity index (χ1n) is 11.2. The van der Waals surface area contributed by atoms with E-state index < -0.39 is 12.2 Å². The van der Waals surface area contributed by atoms with Crippen LogP contribution in [0.3, 0.4) is 0 Å². The van der Waals surface area contributed by atoms with Crippen molar-refractivity contribution in [3.63, 3.8) is 0 Å². The number of nitrogens with one attached hydrogen (secondary N) is 4. The molecule has 0 saturated carbocycles. The van der Waals surface area contributed by atoms with E-state index in [1.54, 1.807) is 55.5 Å². The van der Waals surface area contributed by atoms with Gasteiger partial charge in [0.25, 0.3) is 5.91 Å². The van der Waals surface area contributed by atoms with Gasteiger partial charge in [0.15, 0.2) is 0 Å². The summed E-state index contributed by atoms with van der Waals surface area (Å²) in [6, 6.07) is 12.9. The SMILES string of the molecule is C=C(C)C(=O)Nc1ccc(OC(=O)NCCCCCCNC(=O)Oc2ccc(NC=O)cc2)cc1. The van der Waals surface area contributed by atoms with Crippen LogP contribution in [0.15, 0.2) is 60.7 Å². The molecule has 0 aliphatic rings. The Morgan fingerprint density at radius 2 is 1.23 bits per heavy atom. The minimum Gasteiger partial charge on any atom is -0.410 e. The van der Waals surface area contributed by atoms with Crippen molar-refractivity contribution in [2.24, 2.45) is 0 Å². The van der Waals surface area contributed by atoms with Gasteiger partial charge in [-0.05, 0) is 68.3 Å². The number of anilines is 2. The Balaban J connectivity index is 1.50. The van der Waals surface area contributed by atoms with Gasteiger partial charge in [0.1, 0.15) is 11.5 Å². The molecule has 0 spiro atoms. The summed E-state index contributed by atoms with van der Waals surface area (Å²) in [6.45, 7) is 6.13. The molecule has 4 amide bonds. The Hall–Kier alpha value is -4.34. The van der Waals surface area contributed by atoms with E-state index in [0.717, 1.165) is 25.7 Å². The number of benzene rings is 2. The third kappa shape index (κ3) is 10.9. The highest BCUT2D eigenvalue weighted by Gasteiger charge is 2.06. The molecule has 0 atom stereocenters. The molecule has 0 aliphatic heterocycles. The minimum absolute atomic E-state index is 0.275. The van der Waals surface area contributed by atoms with E-state index in [1.807, 2.05) is 0 Å². The summed E-state index contributed by atoms with van der Waals surface area (Å²) in [5, 5.41) is 10.5. The summed E-state index contributed by atoms with van der Waals surface area (Å²) >= 11 is 0. The Kier molecular flexibility index (Phi) is 11.3. The highest BCUT2D eigenvalue weighted by molar-refractivity contribution is 6.02. The van der Waals surface area contributed by atoms with Gasteiger partial charge >= 0.3 is 12.2 Å². The number of amides is 4. The Bertz CT molecular complexity index is 1010. The smallest absolute Gasteiger partial charge is 0.410 e. The second-order valence-electron chi connectivity index (χ2n) is 7.59. The van der Waals surface area contributed by atoms with Gasteiger partial charge in [-0.25, -0.2) is 9.59 Å². The molecule has 0 saturated heterocycles. The fourth-order valence-electron chi connectivity index (χ4n) is 2.80. The van der Waals surface area contributed by atoms with E-state index in [9.17, 15) is 19.2 Å². The molecule has 2 aromatic rings. The maximum atomic E-state index is 11.9. The first-order valence-corrected chi connectivity index (χ1v) is 11.2. The fraction of sp³-hybridized carbons (Fsp3) is 0.280. The summed E-state index contributed by atoms with van der Waals surface area (Å²) < 4.78 is 10.4. The van der Waals surface area contributed by atoms with E-state index in [1.165, 1.54) is 0 Å². The molecule has 0 aromatic heterocycles. The average Bonchev–Trinajstić information content (AvgIpc) is 2.83. The largest absolute Gasteiger partial charge is 0.412 e. The number of hydrogen-bond donors (Lipinski definition) is 4. The normalized spacial score (nSPS) is 9.97. The molecule has 0 bridgehead atoms. The molecule has 0 aliphatic carbocycles. The van der Waals surface area contributed by atoms with Gasteiger partial charge in [0.05, 0.1) is 0 Å². The Morgan fingerprint density at radius 3 is 1.66 bits per heavy atom. The number of unbranched alkanes of at least 4 members (excludes halogenated alkanes) is 3. The van der Waals surface area contributed by atoms with E-state index in [0.29, 0.717) is 47.9 Å². The molecule has 186 valence electrons. The molecule has 10 nitrogen and oxygen atoms in total. The molecule has 0 radical (unpaired) electrons. The Labute approximate surface area is 204 Å². The monoisotopic (exact) mass is 482 g/mol. The van der Waals surface area contributed by atoms with Crippen molar-refractivity contribution in [2.45, 2.75) is 32.6 Å². The number of carbonyl (C=O) groups is 4. The predicted molar refractivity (Wildman–Crippen MR) is 133 cm³/mol. The lowest BCUT2D eigenvalue weighted by atomic mass is 10.2. The lowest BCUT2D eigenvalue weighted by Gasteiger charge is -2.09. The fourth-order valence-corrected chi connectivity index (χ4v) is 2.80. The quantitative estimate of drug-likeness (QED) is 0.192. The van der Waals surface area contributed by atoms with Crippen molar-refractivity contribution in [2.75, 3.05) is 23.7 Å². The zero-order valence-corrected chi connectivity index (χ0v) is 19.6. The lowest BCUT2D eigenvalue weighted by molar-refractivity contribution is -0.112. The standard InChI is InChI=1S/C25H30N4O6/c1-18(2)23(31)29-20-9-13-22(14-10-20)35-25(33)27-16-6-4-3-5-15-26-24(32)34-21-11-7-19(8-12-21)28-17-30/h7-14,17H,1,3-6,15-16H2,2H3,(H,26,32)(H,27,33)(H,28,30)(H,29,31). The second kappa shape index (κ2) is 14.7. The van der Waals surface area contributed by atoms with Crippen LogP contribution in [0.1, 0.15) is 32.6 Å². The van der Waals surface area contributed by atoms with Crippen molar-refractivity contribution in [1.82, 2.24) is 10.6 Å². The van der Waals surface area contributed by atoms with Gasteiger partial charge in [0.2, 0.25) is 6.41 Å². The summed E-state index contributed by atoms with van der Waals surface area (Å²) in [4.78, 5) is 45.6. The molecule has 0 fully saturated rings. The van der Waals surface area contributed by atoms with Gasteiger partial charge in [-0.1, -0.05) is 19.4 Å². The molecule has 10 heteroatoms. The van der Waals surface area contributed by atoms with Crippen LogP contribution in [-0.2, 0) is 9.59 Å². The van der Waals surface area contributed by atoms with Crippen LogP contribution in [0.2, 0.25) is 0 Å². The summed E-state index contributed by atoms with van der Waals surface area (Å²) in [5.74, 6) is 0.466. The molecule has 35 heavy (non-hydrogen) atoms. The lowest BCUT2D eigenvalue weighted by Crippen LogP contribution is -2.28.